The summed E-state index contributed by atoms with van der Waals surface area (Å²) >= 11 is 5.77. The molecule has 2 N–H and O–H groups in total. The summed E-state index contributed by atoms with van der Waals surface area (Å²) in [7, 11) is 0. The molecule has 1 fully saturated rings. The molecule has 1 aliphatic rings. The van der Waals surface area contributed by atoms with Gasteiger partial charge in [0.2, 0.25) is 11.8 Å². The zero-order chi connectivity index (χ0) is 19.4. The van der Waals surface area contributed by atoms with Crippen LogP contribution in [0.4, 0.5) is 4.39 Å². The maximum atomic E-state index is 14.0. The van der Waals surface area contributed by atoms with E-state index in [1.807, 2.05) is 12.1 Å². The number of benzene rings is 2. The summed E-state index contributed by atoms with van der Waals surface area (Å²) in [5, 5.41) is 0.0347. The van der Waals surface area contributed by atoms with Crippen LogP contribution >= 0.6 is 11.6 Å². The molecule has 1 aliphatic heterocycles. The Hall–Kier alpha value is -2.44. The van der Waals surface area contributed by atoms with Crippen molar-refractivity contribution in [2.45, 2.75) is 13.0 Å². The van der Waals surface area contributed by atoms with Crippen LogP contribution in [-0.2, 0) is 17.8 Å². The molecule has 2 amide bonds. The Morgan fingerprint density at radius 3 is 2.33 bits per heavy atom. The van der Waals surface area contributed by atoms with Gasteiger partial charge in [-0.15, -0.1) is 0 Å². The number of halogens is 2. The molecule has 0 aliphatic carbocycles. The topological polar surface area (TPSA) is 66.6 Å². The number of nitrogens with two attached hydrogens (primary N) is 1. The van der Waals surface area contributed by atoms with Crippen molar-refractivity contribution in [3.8, 4) is 0 Å². The Morgan fingerprint density at radius 1 is 1.04 bits per heavy atom. The van der Waals surface area contributed by atoms with Crippen molar-refractivity contribution in [1.82, 2.24) is 9.80 Å². The summed E-state index contributed by atoms with van der Waals surface area (Å²) in [6.07, 6.45) is 0.0149. The van der Waals surface area contributed by atoms with E-state index in [4.69, 9.17) is 17.3 Å². The van der Waals surface area contributed by atoms with Gasteiger partial charge >= 0.3 is 0 Å². The number of piperazine rings is 1. The lowest BCUT2D eigenvalue weighted by molar-refractivity contribution is -0.132. The minimum absolute atomic E-state index is 0.0149. The van der Waals surface area contributed by atoms with E-state index >= 15 is 0 Å². The van der Waals surface area contributed by atoms with Gasteiger partial charge in [0.15, 0.2) is 0 Å². The largest absolute Gasteiger partial charge is 0.366 e. The monoisotopic (exact) mass is 389 g/mol. The van der Waals surface area contributed by atoms with Crippen molar-refractivity contribution in [3.05, 3.63) is 70.0 Å². The maximum Gasteiger partial charge on any atom is 0.248 e. The summed E-state index contributed by atoms with van der Waals surface area (Å²) in [5.74, 6) is -1.06. The average Bonchev–Trinajstić information content (AvgIpc) is 2.66. The predicted octanol–water partition coefficient (Wildman–Crippen LogP) is 2.46. The van der Waals surface area contributed by atoms with Gasteiger partial charge in [0, 0.05) is 38.3 Å². The van der Waals surface area contributed by atoms with Crippen LogP contribution < -0.4 is 5.73 Å². The summed E-state index contributed by atoms with van der Waals surface area (Å²) < 4.78 is 14.0. The second-order valence-corrected chi connectivity index (χ2v) is 7.02. The van der Waals surface area contributed by atoms with Crippen molar-refractivity contribution in [2.75, 3.05) is 26.2 Å². The minimum atomic E-state index is -0.523. The van der Waals surface area contributed by atoms with Crippen LogP contribution in [0.3, 0.4) is 0 Å². The van der Waals surface area contributed by atoms with Gasteiger partial charge in [-0.05, 0) is 29.3 Å². The molecule has 0 atom stereocenters. The summed E-state index contributed by atoms with van der Waals surface area (Å²) in [6.45, 7) is 3.41. The highest BCUT2D eigenvalue weighted by Gasteiger charge is 2.22. The number of nitrogens with zero attached hydrogens (tertiary/aromatic N) is 2. The van der Waals surface area contributed by atoms with E-state index in [1.54, 1.807) is 29.2 Å². The third-order valence-electron chi connectivity index (χ3n) is 4.74. The molecule has 5 nitrogen and oxygen atoms in total. The fraction of sp³-hybridized carbons (Fsp3) is 0.300. The Kier molecular flexibility index (Phi) is 6.08. The third-order valence-corrected chi connectivity index (χ3v) is 5.03. The molecule has 27 heavy (non-hydrogen) atoms. The molecule has 3 rings (SSSR count). The number of hydrogen-bond donors (Lipinski definition) is 1. The van der Waals surface area contributed by atoms with E-state index in [0.29, 0.717) is 24.2 Å². The molecule has 2 aromatic carbocycles. The zero-order valence-electron chi connectivity index (χ0n) is 14.8. The fourth-order valence-electron chi connectivity index (χ4n) is 3.15. The predicted molar refractivity (Wildman–Crippen MR) is 102 cm³/mol. The van der Waals surface area contributed by atoms with Gasteiger partial charge in [0.05, 0.1) is 11.4 Å². The van der Waals surface area contributed by atoms with E-state index in [-0.39, 0.29) is 17.4 Å². The molecule has 0 saturated carbocycles. The van der Waals surface area contributed by atoms with Crippen molar-refractivity contribution < 1.29 is 14.0 Å². The van der Waals surface area contributed by atoms with E-state index in [2.05, 4.69) is 4.90 Å². The normalized spacial score (nSPS) is 15.0. The molecule has 0 radical (unpaired) electrons. The molecule has 0 spiro atoms. The zero-order valence-corrected chi connectivity index (χ0v) is 15.6. The molecule has 2 aromatic rings. The molecule has 7 heteroatoms. The second-order valence-electron chi connectivity index (χ2n) is 6.61. The quantitative estimate of drug-likeness (QED) is 0.854. The van der Waals surface area contributed by atoms with Crippen molar-refractivity contribution in [1.29, 1.82) is 0 Å². The van der Waals surface area contributed by atoms with Crippen LogP contribution in [0.5, 0.6) is 0 Å². The Labute approximate surface area is 162 Å². The fourth-order valence-corrected chi connectivity index (χ4v) is 3.34. The lowest BCUT2D eigenvalue weighted by Crippen LogP contribution is -2.48. The number of carbonyl (C=O) groups is 2. The van der Waals surface area contributed by atoms with Gasteiger partial charge in [-0.25, -0.2) is 4.39 Å². The van der Waals surface area contributed by atoms with Gasteiger partial charge in [0.25, 0.3) is 0 Å². The second kappa shape index (κ2) is 8.50. The van der Waals surface area contributed by atoms with Crippen LogP contribution in [0.2, 0.25) is 5.02 Å². The molecule has 0 bridgehead atoms. The summed E-state index contributed by atoms with van der Waals surface area (Å²) in [6, 6.07) is 11.9. The van der Waals surface area contributed by atoms with Gasteiger partial charge in [-0.2, -0.15) is 0 Å². The lowest BCUT2D eigenvalue weighted by atomic mass is 10.1. The molecule has 1 saturated heterocycles. The molecule has 0 unspecified atom stereocenters. The molecule has 142 valence electrons. The smallest absolute Gasteiger partial charge is 0.248 e. The summed E-state index contributed by atoms with van der Waals surface area (Å²) in [5.41, 5.74) is 7.14. The maximum absolute atomic E-state index is 14.0. The first-order valence-electron chi connectivity index (χ1n) is 8.76. The van der Waals surface area contributed by atoms with Gasteiger partial charge in [-0.3, -0.25) is 14.5 Å². The van der Waals surface area contributed by atoms with Crippen molar-refractivity contribution in [2.24, 2.45) is 5.73 Å². The first-order chi connectivity index (χ1) is 12.9. The standard InChI is InChI=1S/C20H21ClFN3O2/c21-17-3-1-2-16(19(17)22)12-18(26)25-10-8-24(9-11-25)13-14-4-6-15(7-5-14)20(23)27/h1-7H,8-13H2,(H2,23,27). The molecular formula is C20H21ClFN3O2. The van der Waals surface area contributed by atoms with Crippen LogP contribution in [-0.4, -0.2) is 47.8 Å². The van der Waals surface area contributed by atoms with Gasteiger partial charge in [0.1, 0.15) is 5.82 Å². The molecular weight excluding hydrogens is 369 g/mol. The highest BCUT2D eigenvalue weighted by atomic mass is 35.5. The lowest BCUT2D eigenvalue weighted by Gasteiger charge is -2.35. The summed E-state index contributed by atoms with van der Waals surface area (Å²) in [4.78, 5) is 27.6. The number of primary amides is 1. The Bertz CT molecular complexity index is 834. The van der Waals surface area contributed by atoms with Crippen LogP contribution in [0.15, 0.2) is 42.5 Å². The Balaban J connectivity index is 1.51. The first-order valence-corrected chi connectivity index (χ1v) is 9.13. The number of amides is 2. The average molecular weight is 390 g/mol. The number of hydrogen-bond acceptors (Lipinski definition) is 3. The van der Waals surface area contributed by atoms with E-state index in [9.17, 15) is 14.0 Å². The highest BCUT2D eigenvalue weighted by molar-refractivity contribution is 6.30. The third kappa shape index (κ3) is 4.84. The number of carbonyl (C=O) groups excluding carboxylic acids is 2. The van der Waals surface area contributed by atoms with E-state index in [1.165, 1.54) is 6.07 Å². The molecule has 1 heterocycles. The number of rotatable bonds is 5. The Morgan fingerprint density at radius 2 is 1.70 bits per heavy atom. The SMILES string of the molecule is NC(=O)c1ccc(CN2CCN(C(=O)Cc3cccc(Cl)c3F)CC2)cc1. The molecule has 0 aromatic heterocycles. The minimum Gasteiger partial charge on any atom is -0.366 e. The highest BCUT2D eigenvalue weighted by Crippen LogP contribution is 2.19. The van der Waals surface area contributed by atoms with Gasteiger partial charge < -0.3 is 10.6 Å². The van der Waals surface area contributed by atoms with Crippen molar-refractivity contribution in [3.63, 3.8) is 0 Å². The van der Waals surface area contributed by atoms with E-state index in [0.717, 1.165) is 25.2 Å². The van der Waals surface area contributed by atoms with Gasteiger partial charge in [-0.1, -0.05) is 35.9 Å². The van der Waals surface area contributed by atoms with Crippen molar-refractivity contribution >= 4 is 23.4 Å². The first kappa shape index (κ1) is 19.3. The van der Waals surface area contributed by atoms with Crippen LogP contribution in [0, 0.1) is 5.82 Å². The van der Waals surface area contributed by atoms with Crippen LogP contribution in [0.1, 0.15) is 21.5 Å². The van der Waals surface area contributed by atoms with E-state index < -0.39 is 11.7 Å². The van der Waals surface area contributed by atoms with Crippen LogP contribution in [0.25, 0.3) is 0 Å².